The van der Waals surface area contributed by atoms with Gasteiger partial charge in [0.1, 0.15) is 10.7 Å². The maximum Gasteiger partial charge on any atom is 0.227 e. The number of aliphatic hydroxyl groups excluding tert-OH is 1. The Morgan fingerprint density at radius 1 is 1.16 bits per heavy atom. The Hall–Kier alpha value is -1.70. The summed E-state index contributed by atoms with van der Waals surface area (Å²) in [7, 11) is -1.08. The predicted octanol–water partition coefficient (Wildman–Crippen LogP) is 3.89. The number of halogens is 1. The molecule has 32 heavy (non-hydrogen) atoms. The number of fused-ring (bicyclic) bond motifs is 1. The summed E-state index contributed by atoms with van der Waals surface area (Å²) in [6.07, 6.45) is 7.06. The molecule has 1 unspecified atom stereocenters. The van der Waals surface area contributed by atoms with Crippen LogP contribution in [-0.4, -0.2) is 50.3 Å². The summed E-state index contributed by atoms with van der Waals surface area (Å²) in [6.45, 7) is 2.03. The lowest BCUT2D eigenvalue weighted by atomic mass is 9.56. The summed E-state index contributed by atoms with van der Waals surface area (Å²) in [6, 6.07) is 8.27. The van der Waals surface area contributed by atoms with Crippen LogP contribution in [0.4, 0.5) is 11.8 Å². The minimum atomic E-state index is -1.08. The third-order valence-corrected chi connectivity index (χ3v) is 9.72. The van der Waals surface area contributed by atoms with Crippen molar-refractivity contribution in [2.45, 2.75) is 61.3 Å². The number of aromatic nitrogens is 2. The standard InChI is InChI=1S/C24H29ClN4O2S/c25-18-6-4-16(5-7-18)17-11-23(12-17)13-29(14-23)22-26-19-3-1-10-32(31)20(19)21(27-22)28-24(15-30)8-2-9-24/h4-7,17,30H,1-3,8-15H2,(H,26,27,28). The Morgan fingerprint density at radius 3 is 2.56 bits per heavy atom. The molecule has 2 aliphatic heterocycles. The lowest BCUT2D eigenvalue weighted by Crippen LogP contribution is -2.62. The Balaban J connectivity index is 1.20. The first kappa shape index (κ1) is 20.9. The topological polar surface area (TPSA) is 78.4 Å². The summed E-state index contributed by atoms with van der Waals surface area (Å²) >= 11 is 6.03. The smallest absolute Gasteiger partial charge is 0.227 e. The normalized spacial score (nSPS) is 25.4. The second-order valence-electron chi connectivity index (χ2n) is 10.2. The summed E-state index contributed by atoms with van der Waals surface area (Å²) in [5, 5.41) is 14.2. The minimum Gasteiger partial charge on any atom is -0.394 e. The summed E-state index contributed by atoms with van der Waals surface area (Å²) in [5.74, 6) is 2.71. The van der Waals surface area contributed by atoms with Gasteiger partial charge in [-0.1, -0.05) is 23.7 Å². The van der Waals surface area contributed by atoms with Gasteiger partial charge >= 0.3 is 0 Å². The van der Waals surface area contributed by atoms with E-state index >= 15 is 0 Å². The predicted molar refractivity (Wildman–Crippen MR) is 127 cm³/mol. The van der Waals surface area contributed by atoms with Crippen molar-refractivity contribution in [3.8, 4) is 0 Å². The van der Waals surface area contributed by atoms with Crippen LogP contribution in [0.3, 0.4) is 0 Å². The Bertz CT molecular complexity index is 1050. The quantitative estimate of drug-likeness (QED) is 0.687. The van der Waals surface area contributed by atoms with Crippen molar-refractivity contribution < 1.29 is 9.32 Å². The van der Waals surface area contributed by atoms with E-state index < -0.39 is 10.8 Å². The lowest BCUT2D eigenvalue weighted by Gasteiger charge is -2.59. The molecule has 3 heterocycles. The molecule has 170 valence electrons. The van der Waals surface area contributed by atoms with Gasteiger partial charge in [0.05, 0.1) is 28.6 Å². The highest BCUT2D eigenvalue weighted by molar-refractivity contribution is 7.85. The number of nitrogens with one attached hydrogen (secondary N) is 1. The molecule has 1 aromatic carbocycles. The number of aliphatic hydroxyl groups is 1. The minimum absolute atomic E-state index is 0.0760. The molecule has 1 atom stereocenters. The van der Waals surface area contributed by atoms with Gasteiger partial charge in [-0.3, -0.25) is 4.21 Å². The Kier molecular flexibility index (Phi) is 5.01. The van der Waals surface area contributed by atoms with Crippen LogP contribution in [0.2, 0.25) is 5.02 Å². The van der Waals surface area contributed by atoms with E-state index in [1.165, 1.54) is 18.4 Å². The molecule has 0 bridgehead atoms. The van der Waals surface area contributed by atoms with E-state index in [-0.39, 0.29) is 12.1 Å². The van der Waals surface area contributed by atoms with Gasteiger partial charge in [-0.15, -0.1) is 0 Å². The van der Waals surface area contributed by atoms with E-state index in [0.717, 1.165) is 66.8 Å². The third-order valence-electron chi connectivity index (χ3n) is 7.93. The highest BCUT2D eigenvalue weighted by atomic mass is 35.5. The lowest BCUT2D eigenvalue weighted by molar-refractivity contribution is 0.0619. The SMILES string of the molecule is O=S1CCCc2nc(N3CC4(CC(c5ccc(Cl)cc5)C4)C3)nc(NC3(CO)CCC3)c21. The molecule has 1 aromatic heterocycles. The molecule has 1 saturated heterocycles. The fourth-order valence-electron chi connectivity index (χ4n) is 5.89. The number of aryl methyl sites for hydroxylation is 1. The fourth-order valence-corrected chi connectivity index (χ4v) is 7.35. The number of nitrogens with zero attached hydrogens (tertiary/aromatic N) is 3. The number of hydrogen-bond donors (Lipinski definition) is 2. The second kappa shape index (κ2) is 7.67. The summed E-state index contributed by atoms with van der Waals surface area (Å²) < 4.78 is 12.8. The highest BCUT2D eigenvalue weighted by Gasteiger charge is 2.53. The van der Waals surface area contributed by atoms with Gasteiger partial charge in [-0.2, -0.15) is 4.98 Å². The zero-order valence-corrected chi connectivity index (χ0v) is 19.7. The van der Waals surface area contributed by atoms with E-state index in [1.807, 2.05) is 12.1 Å². The van der Waals surface area contributed by atoms with Gasteiger partial charge in [0.15, 0.2) is 0 Å². The first-order chi connectivity index (χ1) is 15.5. The molecule has 2 saturated carbocycles. The van der Waals surface area contributed by atoms with Crippen LogP contribution in [0.25, 0.3) is 0 Å². The van der Waals surface area contributed by atoms with Crippen molar-refractivity contribution in [3.05, 3.63) is 40.5 Å². The van der Waals surface area contributed by atoms with Crippen LogP contribution < -0.4 is 10.2 Å². The van der Waals surface area contributed by atoms with E-state index in [4.69, 9.17) is 21.6 Å². The molecule has 2 N–H and O–H groups in total. The molecule has 6 rings (SSSR count). The van der Waals surface area contributed by atoms with Crippen molar-refractivity contribution >= 4 is 34.2 Å². The molecular formula is C24H29ClN4O2S. The van der Waals surface area contributed by atoms with Gasteiger partial charge in [-0.25, -0.2) is 4.98 Å². The van der Waals surface area contributed by atoms with Crippen molar-refractivity contribution in [2.75, 3.05) is 35.7 Å². The van der Waals surface area contributed by atoms with Crippen LogP contribution in [0.1, 0.15) is 55.7 Å². The molecule has 0 amide bonds. The van der Waals surface area contributed by atoms with Crippen molar-refractivity contribution in [1.82, 2.24) is 9.97 Å². The van der Waals surface area contributed by atoms with E-state index in [9.17, 15) is 9.32 Å². The highest BCUT2D eigenvalue weighted by Crippen LogP contribution is 2.56. The molecule has 4 aliphatic rings. The van der Waals surface area contributed by atoms with Crippen LogP contribution in [0.5, 0.6) is 0 Å². The number of benzene rings is 1. The Labute approximate surface area is 196 Å². The molecule has 2 aromatic rings. The van der Waals surface area contributed by atoms with Crippen LogP contribution >= 0.6 is 11.6 Å². The van der Waals surface area contributed by atoms with Crippen LogP contribution in [0.15, 0.2) is 29.2 Å². The maximum absolute atomic E-state index is 12.8. The molecule has 0 radical (unpaired) electrons. The molecule has 8 heteroatoms. The zero-order chi connectivity index (χ0) is 21.9. The number of hydrogen-bond acceptors (Lipinski definition) is 6. The monoisotopic (exact) mass is 472 g/mol. The Morgan fingerprint density at radius 2 is 1.91 bits per heavy atom. The molecule has 3 fully saturated rings. The molecule has 2 aliphatic carbocycles. The average Bonchev–Trinajstić information content (AvgIpc) is 2.70. The first-order valence-electron chi connectivity index (χ1n) is 11.7. The average molecular weight is 473 g/mol. The van der Waals surface area contributed by atoms with Crippen LogP contribution in [-0.2, 0) is 17.2 Å². The van der Waals surface area contributed by atoms with Gasteiger partial charge in [0.25, 0.3) is 0 Å². The molecular weight excluding hydrogens is 444 g/mol. The van der Waals surface area contributed by atoms with Crippen molar-refractivity contribution in [2.24, 2.45) is 5.41 Å². The fraction of sp³-hybridized carbons (Fsp3) is 0.583. The van der Waals surface area contributed by atoms with Crippen molar-refractivity contribution in [1.29, 1.82) is 0 Å². The number of rotatable bonds is 5. The summed E-state index contributed by atoms with van der Waals surface area (Å²) in [5.41, 5.74) is 2.34. The zero-order valence-electron chi connectivity index (χ0n) is 18.1. The number of anilines is 2. The van der Waals surface area contributed by atoms with Gasteiger partial charge < -0.3 is 15.3 Å². The maximum atomic E-state index is 12.8. The largest absolute Gasteiger partial charge is 0.394 e. The summed E-state index contributed by atoms with van der Waals surface area (Å²) in [4.78, 5) is 12.8. The molecule has 6 nitrogen and oxygen atoms in total. The van der Waals surface area contributed by atoms with Crippen molar-refractivity contribution in [3.63, 3.8) is 0 Å². The second-order valence-corrected chi connectivity index (χ2v) is 12.2. The van der Waals surface area contributed by atoms with Gasteiger partial charge in [0.2, 0.25) is 5.95 Å². The van der Waals surface area contributed by atoms with Crippen LogP contribution in [0, 0.1) is 5.41 Å². The van der Waals surface area contributed by atoms with E-state index in [1.54, 1.807) is 0 Å². The molecule has 1 spiro atoms. The van der Waals surface area contributed by atoms with Gasteiger partial charge in [-0.05, 0) is 68.6 Å². The third kappa shape index (κ3) is 3.44. The van der Waals surface area contributed by atoms with E-state index in [2.05, 4.69) is 22.3 Å². The van der Waals surface area contributed by atoms with Gasteiger partial charge in [0, 0.05) is 29.3 Å². The van der Waals surface area contributed by atoms with E-state index in [0.29, 0.717) is 22.9 Å². The first-order valence-corrected chi connectivity index (χ1v) is 13.4.